The number of aryl methyl sites for hydroxylation is 1. The molecule has 1 unspecified atom stereocenters. The Bertz CT molecular complexity index is 642. The first-order chi connectivity index (χ1) is 12.7. The van der Waals surface area contributed by atoms with Crippen molar-refractivity contribution < 1.29 is 9.13 Å². The second-order valence-corrected chi connectivity index (χ2v) is 6.96. The fraction of sp³-hybridized carbons (Fsp3) is 0.522. The van der Waals surface area contributed by atoms with Gasteiger partial charge in [0.25, 0.3) is 0 Å². The zero-order chi connectivity index (χ0) is 18.6. The Kier molecular flexibility index (Phi) is 9.16. The van der Waals surface area contributed by atoms with Crippen LogP contribution in [0.1, 0.15) is 64.4 Å². The first kappa shape index (κ1) is 20.4. The maximum absolute atomic E-state index is 13.3. The van der Waals surface area contributed by atoms with Gasteiger partial charge in [-0.1, -0.05) is 57.2 Å². The minimum absolute atomic E-state index is 0.513. The largest absolute Gasteiger partial charge is 0.493 e. The first-order valence-electron chi connectivity index (χ1n) is 10.0. The number of hydrogen-bond acceptors (Lipinski definition) is 2. The number of unbranched alkanes of at least 4 members (excludes halogenated alkanes) is 5. The van der Waals surface area contributed by atoms with Crippen molar-refractivity contribution in [3.05, 3.63) is 48.3 Å². The summed E-state index contributed by atoms with van der Waals surface area (Å²) in [6.45, 7) is 4.58. The van der Waals surface area contributed by atoms with Gasteiger partial charge in [0.1, 0.15) is 5.75 Å². The van der Waals surface area contributed by atoms with E-state index in [1.54, 1.807) is 13.1 Å². The maximum Gasteiger partial charge on any atom is 0.127 e. The van der Waals surface area contributed by atoms with Gasteiger partial charge in [-0.3, -0.25) is 4.98 Å². The monoisotopic (exact) mass is 357 g/mol. The highest BCUT2D eigenvalue weighted by Crippen LogP contribution is 2.32. The number of nitrogens with zero attached hydrogens (tertiary/aromatic N) is 1. The molecule has 2 nitrogen and oxygen atoms in total. The van der Waals surface area contributed by atoms with E-state index in [9.17, 15) is 4.39 Å². The maximum atomic E-state index is 13.3. The van der Waals surface area contributed by atoms with Crippen LogP contribution in [0.2, 0.25) is 0 Å². The number of ether oxygens (including phenoxy) is 1. The lowest BCUT2D eigenvalue weighted by molar-refractivity contribution is 0.305. The number of aromatic nitrogens is 1. The highest BCUT2D eigenvalue weighted by atomic mass is 19.1. The van der Waals surface area contributed by atoms with Crippen molar-refractivity contribution in [2.24, 2.45) is 0 Å². The Morgan fingerprint density at radius 1 is 1.00 bits per heavy atom. The third-order valence-electron chi connectivity index (χ3n) is 4.65. The molecule has 26 heavy (non-hydrogen) atoms. The number of halogens is 1. The first-order valence-corrected chi connectivity index (χ1v) is 10.0. The fourth-order valence-electron chi connectivity index (χ4n) is 3.12. The zero-order valence-corrected chi connectivity index (χ0v) is 16.2. The van der Waals surface area contributed by atoms with Crippen molar-refractivity contribution in [1.82, 2.24) is 4.98 Å². The molecule has 0 aliphatic carbocycles. The summed E-state index contributed by atoms with van der Waals surface area (Å²) < 4.78 is 19.4. The van der Waals surface area contributed by atoms with Crippen LogP contribution in [0.5, 0.6) is 5.75 Å². The Morgan fingerprint density at radius 2 is 1.77 bits per heavy atom. The molecule has 0 aliphatic rings. The normalized spacial score (nSPS) is 12.1. The lowest BCUT2D eigenvalue weighted by Gasteiger charge is -2.15. The molecule has 0 radical (unpaired) electrons. The summed E-state index contributed by atoms with van der Waals surface area (Å²) in [5, 5.41) is 0. The van der Waals surface area contributed by atoms with E-state index in [0.717, 1.165) is 35.5 Å². The molecular formula is C23H32FNO. The third kappa shape index (κ3) is 6.78. The molecule has 0 amide bonds. The van der Waals surface area contributed by atoms with Gasteiger partial charge in [0, 0.05) is 18.0 Å². The molecule has 142 valence electrons. The van der Waals surface area contributed by atoms with Gasteiger partial charge in [0.05, 0.1) is 12.8 Å². The second kappa shape index (κ2) is 11.7. The van der Waals surface area contributed by atoms with E-state index in [1.165, 1.54) is 32.1 Å². The average Bonchev–Trinajstić information content (AvgIpc) is 2.66. The molecule has 0 fully saturated rings. The lowest BCUT2D eigenvalue weighted by atomic mass is 9.97. The molecule has 0 aliphatic heterocycles. The molecule has 1 atom stereocenters. The number of pyridine rings is 1. The minimum atomic E-state index is -0.803. The van der Waals surface area contributed by atoms with Crippen LogP contribution in [0.4, 0.5) is 4.39 Å². The van der Waals surface area contributed by atoms with Crippen molar-refractivity contribution in [2.45, 2.75) is 71.4 Å². The molecule has 0 spiro atoms. The van der Waals surface area contributed by atoms with Crippen LogP contribution < -0.4 is 4.74 Å². The molecule has 2 aromatic rings. The summed E-state index contributed by atoms with van der Waals surface area (Å²) in [6.07, 6.45) is 11.6. The number of para-hydroxylation sites is 1. The van der Waals surface area contributed by atoms with Gasteiger partial charge in [-0.15, -0.1) is 0 Å². The minimum Gasteiger partial charge on any atom is -0.493 e. The van der Waals surface area contributed by atoms with Gasteiger partial charge in [0.2, 0.25) is 0 Å². The van der Waals surface area contributed by atoms with E-state index in [0.29, 0.717) is 12.8 Å². The summed E-state index contributed by atoms with van der Waals surface area (Å²) in [6, 6.07) is 10.1. The van der Waals surface area contributed by atoms with Gasteiger partial charge < -0.3 is 4.74 Å². The van der Waals surface area contributed by atoms with Gasteiger partial charge in [-0.25, -0.2) is 4.39 Å². The van der Waals surface area contributed by atoms with Crippen molar-refractivity contribution in [1.29, 1.82) is 0 Å². The second-order valence-electron chi connectivity index (χ2n) is 6.96. The topological polar surface area (TPSA) is 22.1 Å². The quantitative estimate of drug-likeness (QED) is 0.391. The van der Waals surface area contributed by atoms with Crippen LogP contribution in [-0.2, 0) is 6.42 Å². The smallest absolute Gasteiger partial charge is 0.127 e. The van der Waals surface area contributed by atoms with E-state index in [4.69, 9.17) is 4.74 Å². The van der Waals surface area contributed by atoms with Gasteiger partial charge in [-0.05, 0) is 49.4 Å². The summed E-state index contributed by atoms with van der Waals surface area (Å²) in [5.74, 6) is 0.904. The molecule has 1 aromatic heterocycles. The molecule has 2 rings (SSSR count). The molecular weight excluding hydrogens is 325 g/mol. The standard InChI is InChI=1S/C23H32FNO/c1-3-4-5-6-7-10-17-26-23-12-9-8-11-22(23)21-15-16-25-18-20(21)14-13-19(2)24/h8-9,11-12,15-16,18-19H,3-7,10,13-14,17H2,1-2H3. The van der Waals surface area contributed by atoms with Crippen LogP contribution in [0.3, 0.4) is 0 Å². The Labute approximate surface area is 157 Å². The van der Waals surface area contributed by atoms with Crippen molar-refractivity contribution >= 4 is 0 Å². The summed E-state index contributed by atoms with van der Waals surface area (Å²) in [5.41, 5.74) is 3.24. The molecule has 3 heteroatoms. The Balaban J connectivity index is 2.00. The predicted octanol–water partition coefficient (Wildman–Crippen LogP) is 6.78. The molecule has 0 saturated carbocycles. The summed E-state index contributed by atoms with van der Waals surface area (Å²) in [7, 11) is 0. The van der Waals surface area contributed by atoms with Crippen molar-refractivity contribution in [3.8, 4) is 16.9 Å². The summed E-state index contributed by atoms with van der Waals surface area (Å²) in [4.78, 5) is 4.23. The summed E-state index contributed by atoms with van der Waals surface area (Å²) >= 11 is 0. The fourth-order valence-corrected chi connectivity index (χ4v) is 3.12. The molecule has 0 bridgehead atoms. The van der Waals surface area contributed by atoms with E-state index in [1.807, 2.05) is 30.5 Å². The van der Waals surface area contributed by atoms with Gasteiger partial charge in [-0.2, -0.15) is 0 Å². The van der Waals surface area contributed by atoms with E-state index in [-0.39, 0.29) is 0 Å². The van der Waals surface area contributed by atoms with E-state index >= 15 is 0 Å². The van der Waals surface area contributed by atoms with Gasteiger partial charge in [0.15, 0.2) is 0 Å². The number of rotatable bonds is 12. The van der Waals surface area contributed by atoms with E-state index in [2.05, 4.69) is 18.0 Å². The number of hydrogen-bond donors (Lipinski definition) is 0. The average molecular weight is 358 g/mol. The molecule has 0 N–H and O–H groups in total. The number of benzene rings is 1. The van der Waals surface area contributed by atoms with Crippen LogP contribution in [0.25, 0.3) is 11.1 Å². The van der Waals surface area contributed by atoms with Crippen molar-refractivity contribution in [3.63, 3.8) is 0 Å². The highest BCUT2D eigenvalue weighted by Gasteiger charge is 2.11. The van der Waals surface area contributed by atoms with Crippen LogP contribution >= 0.6 is 0 Å². The Morgan fingerprint density at radius 3 is 2.58 bits per heavy atom. The predicted molar refractivity (Wildman–Crippen MR) is 107 cm³/mol. The lowest BCUT2D eigenvalue weighted by Crippen LogP contribution is -2.01. The van der Waals surface area contributed by atoms with Crippen LogP contribution in [0, 0.1) is 0 Å². The van der Waals surface area contributed by atoms with Crippen LogP contribution in [-0.4, -0.2) is 17.8 Å². The SMILES string of the molecule is CCCCCCCCOc1ccccc1-c1ccncc1CCC(C)F. The highest BCUT2D eigenvalue weighted by molar-refractivity contribution is 5.72. The van der Waals surface area contributed by atoms with Gasteiger partial charge >= 0.3 is 0 Å². The van der Waals surface area contributed by atoms with Crippen LogP contribution in [0.15, 0.2) is 42.7 Å². The Hall–Kier alpha value is -1.90. The zero-order valence-electron chi connectivity index (χ0n) is 16.2. The van der Waals surface area contributed by atoms with Crippen molar-refractivity contribution in [2.75, 3.05) is 6.61 Å². The molecule has 1 aromatic carbocycles. The number of alkyl halides is 1. The molecule has 0 saturated heterocycles. The third-order valence-corrected chi connectivity index (χ3v) is 4.65. The molecule has 1 heterocycles. The van der Waals surface area contributed by atoms with E-state index < -0.39 is 6.17 Å².